The fourth-order valence-corrected chi connectivity index (χ4v) is 3.69. The minimum absolute atomic E-state index is 0.741. The van der Waals surface area contributed by atoms with E-state index >= 15 is 0 Å². The average molecular weight is 253 g/mol. The summed E-state index contributed by atoms with van der Waals surface area (Å²) in [6.45, 7) is 5.99. The van der Waals surface area contributed by atoms with Gasteiger partial charge in [-0.25, -0.2) is 0 Å². The number of rotatable bonds is 5. The molecule has 18 heavy (non-hydrogen) atoms. The molecule has 1 saturated heterocycles. The zero-order valence-corrected chi connectivity index (χ0v) is 12.1. The molecule has 2 aliphatic rings. The summed E-state index contributed by atoms with van der Waals surface area (Å²) in [4.78, 5) is 5.23. The van der Waals surface area contributed by atoms with Gasteiger partial charge < -0.3 is 15.5 Å². The fraction of sp³-hybridized carbons (Fsp3) is 1.00. The van der Waals surface area contributed by atoms with Gasteiger partial charge in [-0.1, -0.05) is 19.3 Å². The normalized spacial score (nSPS) is 30.8. The van der Waals surface area contributed by atoms with E-state index in [2.05, 4.69) is 16.8 Å². The van der Waals surface area contributed by atoms with Gasteiger partial charge in [0.2, 0.25) is 0 Å². The second kappa shape index (κ2) is 7.46. The second-order valence-electron chi connectivity index (χ2n) is 6.23. The highest BCUT2D eigenvalue weighted by molar-refractivity contribution is 4.83. The number of likely N-dealkylation sites (tertiary alicyclic amines) is 1. The SMILES string of the molecule is CN(CCN1CCCCC1)C1CCCCC1CN. The zero-order valence-electron chi connectivity index (χ0n) is 12.1. The van der Waals surface area contributed by atoms with Crippen LogP contribution >= 0.6 is 0 Å². The standard InChI is InChI=1S/C15H31N3/c1-17(11-12-18-9-5-2-6-10-18)15-8-4-3-7-14(15)13-16/h14-15H,2-13,16H2,1H3. The Morgan fingerprint density at radius 1 is 1.06 bits per heavy atom. The molecule has 0 radical (unpaired) electrons. The van der Waals surface area contributed by atoms with Crippen LogP contribution in [0.2, 0.25) is 0 Å². The summed E-state index contributed by atoms with van der Waals surface area (Å²) in [7, 11) is 2.31. The van der Waals surface area contributed by atoms with Crippen LogP contribution in [0.5, 0.6) is 0 Å². The predicted molar refractivity (Wildman–Crippen MR) is 77.7 cm³/mol. The maximum Gasteiger partial charge on any atom is 0.0133 e. The van der Waals surface area contributed by atoms with Crippen molar-refractivity contribution < 1.29 is 0 Å². The van der Waals surface area contributed by atoms with Crippen molar-refractivity contribution in [2.75, 3.05) is 39.8 Å². The number of piperidine rings is 1. The molecule has 0 amide bonds. The van der Waals surface area contributed by atoms with Crippen LogP contribution in [-0.4, -0.2) is 55.6 Å². The van der Waals surface area contributed by atoms with Gasteiger partial charge in [0.1, 0.15) is 0 Å². The molecule has 1 aliphatic heterocycles. The second-order valence-corrected chi connectivity index (χ2v) is 6.23. The zero-order chi connectivity index (χ0) is 12.8. The smallest absolute Gasteiger partial charge is 0.0133 e. The third-order valence-electron chi connectivity index (χ3n) is 4.96. The molecule has 1 saturated carbocycles. The number of hydrogen-bond acceptors (Lipinski definition) is 3. The van der Waals surface area contributed by atoms with Crippen molar-refractivity contribution in [3.63, 3.8) is 0 Å². The quantitative estimate of drug-likeness (QED) is 0.812. The van der Waals surface area contributed by atoms with Crippen molar-refractivity contribution in [2.45, 2.75) is 51.0 Å². The van der Waals surface area contributed by atoms with E-state index in [9.17, 15) is 0 Å². The largest absolute Gasteiger partial charge is 0.330 e. The number of nitrogens with two attached hydrogens (primary N) is 1. The molecular formula is C15H31N3. The summed E-state index contributed by atoms with van der Waals surface area (Å²) >= 11 is 0. The molecule has 2 N–H and O–H groups in total. The van der Waals surface area contributed by atoms with Crippen molar-refractivity contribution in [1.82, 2.24) is 9.80 Å². The van der Waals surface area contributed by atoms with E-state index in [4.69, 9.17) is 5.73 Å². The topological polar surface area (TPSA) is 32.5 Å². The molecule has 1 aliphatic carbocycles. The van der Waals surface area contributed by atoms with E-state index in [-0.39, 0.29) is 0 Å². The Balaban J connectivity index is 1.73. The van der Waals surface area contributed by atoms with Gasteiger partial charge >= 0.3 is 0 Å². The molecule has 3 nitrogen and oxygen atoms in total. The number of nitrogens with zero attached hydrogens (tertiary/aromatic N) is 2. The van der Waals surface area contributed by atoms with E-state index in [1.807, 2.05) is 0 Å². The molecule has 0 aromatic rings. The third kappa shape index (κ3) is 3.94. The third-order valence-corrected chi connectivity index (χ3v) is 4.96. The highest BCUT2D eigenvalue weighted by Crippen LogP contribution is 2.27. The lowest BCUT2D eigenvalue weighted by Gasteiger charge is -2.38. The molecule has 2 rings (SSSR count). The van der Waals surface area contributed by atoms with E-state index in [1.54, 1.807) is 0 Å². The molecule has 106 valence electrons. The van der Waals surface area contributed by atoms with Crippen LogP contribution in [0.15, 0.2) is 0 Å². The lowest BCUT2D eigenvalue weighted by Crippen LogP contribution is -2.46. The first-order valence-electron chi connectivity index (χ1n) is 7.94. The minimum Gasteiger partial charge on any atom is -0.330 e. The molecule has 0 aromatic heterocycles. The van der Waals surface area contributed by atoms with Gasteiger partial charge in [-0.3, -0.25) is 0 Å². The van der Waals surface area contributed by atoms with E-state index in [1.165, 1.54) is 71.1 Å². The monoisotopic (exact) mass is 253 g/mol. The van der Waals surface area contributed by atoms with Crippen molar-refractivity contribution in [2.24, 2.45) is 11.7 Å². The first kappa shape index (κ1) is 14.3. The molecule has 2 fully saturated rings. The summed E-state index contributed by atoms with van der Waals surface area (Å²) in [6, 6.07) is 0.744. The minimum atomic E-state index is 0.741. The molecule has 0 aromatic carbocycles. The molecule has 3 heteroatoms. The summed E-state index contributed by atoms with van der Waals surface area (Å²) in [6.07, 6.45) is 9.72. The van der Waals surface area contributed by atoms with Gasteiger partial charge in [0, 0.05) is 19.1 Å². The van der Waals surface area contributed by atoms with Crippen LogP contribution < -0.4 is 5.73 Å². The molecule has 0 bridgehead atoms. The highest BCUT2D eigenvalue weighted by atomic mass is 15.2. The summed E-state index contributed by atoms with van der Waals surface area (Å²) in [5, 5.41) is 0. The van der Waals surface area contributed by atoms with Gasteiger partial charge in [-0.15, -0.1) is 0 Å². The fourth-order valence-electron chi connectivity index (χ4n) is 3.69. The van der Waals surface area contributed by atoms with Gasteiger partial charge in [-0.05, 0) is 58.3 Å². The molecular weight excluding hydrogens is 222 g/mol. The Labute approximate surface area is 113 Å². The Hall–Kier alpha value is -0.120. The average Bonchev–Trinajstić information content (AvgIpc) is 2.45. The van der Waals surface area contributed by atoms with Crippen LogP contribution in [0.25, 0.3) is 0 Å². The lowest BCUT2D eigenvalue weighted by molar-refractivity contribution is 0.112. The first-order chi connectivity index (χ1) is 8.81. The van der Waals surface area contributed by atoms with Crippen molar-refractivity contribution in [1.29, 1.82) is 0 Å². The van der Waals surface area contributed by atoms with E-state index in [0.717, 1.165) is 18.5 Å². The first-order valence-corrected chi connectivity index (χ1v) is 7.94. The van der Waals surface area contributed by atoms with Crippen LogP contribution in [0.3, 0.4) is 0 Å². The maximum atomic E-state index is 5.93. The lowest BCUT2D eigenvalue weighted by atomic mass is 9.84. The molecule has 0 spiro atoms. The van der Waals surface area contributed by atoms with Crippen LogP contribution in [0, 0.1) is 5.92 Å². The van der Waals surface area contributed by atoms with Gasteiger partial charge in [0.15, 0.2) is 0 Å². The Kier molecular flexibility index (Phi) is 5.93. The number of likely N-dealkylation sites (N-methyl/N-ethyl adjacent to an activating group) is 1. The summed E-state index contributed by atoms with van der Waals surface area (Å²) in [5.41, 5.74) is 5.93. The number of hydrogen-bond donors (Lipinski definition) is 1. The summed E-state index contributed by atoms with van der Waals surface area (Å²) < 4.78 is 0. The molecule has 2 unspecified atom stereocenters. The van der Waals surface area contributed by atoms with Crippen LogP contribution in [-0.2, 0) is 0 Å². The van der Waals surface area contributed by atoms with Crippen molar-refractivity contribution in [3.05, 3.63) is 0 Å². The van der Waals surface area contributed by atoms with Crippen LogP contribution in [0.4, 0.5) is 0 Å². The van der Waals surface area contributed by atoms with Crippen LogP contribution in [0.1, 0.15) is 44.9 Å². The van der Waals surface area contributed by atoms with E-state index < -0.39 is 0 Å². The van der Waals surface area contributed by atoms with Crippen molar-refractivity contribution in [3.8, 4) is 0 Å². The van der Waals surface area contributed by atoms with Crippen molar-refractivity contribution >= 4 is 0 Å². The molecule has 1 heterocycles. The predicted octanol–water partition coefficient (Wildman–Crippen LogP) is 1.92. The Bertz CT molecular complexity index is 226. The Morgan fingerprint density at radius 3 is 2.50 bits per heavy atom. The van der Waals surface area contributed by atoms with Gasteiger partial charge in [0.25, 0.3) is 0 Å². The highest BCUT2D eigenvalue weighted by Gasteiger charge is 2.27. The van der Waals surface area contributed by atoms with Gasteiger partial charge in [-0.2, -0.15) is 0 Å². The Morgan fingerprint density at radius 2 is 1.78 bits per heavy atom. The van der Waals surface area contributed by atoms with Gasteiger partial charge in [0.05, 0.1) is 0 Å². The summed E-state index contributed by atoms with van der Waals surface area (Å²) in [5.74, 6) is 0.741. The molecule has 2 atom stereocenters. The maximum absolute atomic E-state index is 5.93. The van der Waals surface area contributed by atoms with E-state index in [0.29, 0.717) is 0 Å².